The van der Waals surface area contributed by atoms with E-state index in [1.807, 2.05) is 4.90 Å². The summed E-state index contributed by atoms with van der Waals surface area (Å²) in [5.41, 5.74) is 0.723. The fourth-order valence-electron chi connectivity index (χ4n) is 13.0. The lowest BCUT2D eigenvalue weighted by Gasteiger charge is -2.61. The number of carbonyl (C=O) groups excluding carboxylic acids is 2. The van der Waals surface area contributed by atoms with Crippen molar-refractivity contribution in [2.45, 2.75) is 130 Å². The maximum atomic E-state index is 13.2. The monoisotopic (exact) mass is 669 g/mol. The molecule has 0 aromatic rings. The van der Waals surface area contributed by atoms with Crippen LogP contribution in [-0.2, 0) is 19.1 Å². The van der Waals surface area contributed by atoms with Crippen LogP contribution < -0.4 is 5.32 Å². The van der Waals surface area contributed by atoms with E-state index in [0.717, 1.165) is 96.0 Å². The molecule has 2 amide bonds. The molecule has 8 heteroatoms. The minimum absolute atomic E-state index is 0.00235. The molecule has 0 aromatic carbocycles. The number of carbonyl (C=O) groups is 2. The summed E-state index contributed by atoms with van der Waals surface area (Å²) in [6.45, 7) is 22.9. The Morgan fingerprint density at radius 2 is 1.62 bits per heavy atom. The minimum atomic E-state index is -0.330. The van der Waals surface area contributed by atoms with Crippen LogP contribution in [0, 0.1) is 52.3 Å². The molecular formula is C40H68N4O4. The summed E-state index contributed by atoms with van der Waals surface area (Å²) in [7, 11) is 0. The van der Waals surface area contributed by atoms with Crippen LogP contribution in [0.4, 0.5) is 0 Å². The number of rotatable bonds is 8. The fourth-order valence-corrected chi connectivity index (χ4v) is 13.0. The third kappa shape index (κ3) is 6.19. The van der Waals surface area contributed by atoms with Gasteiger partial charge in [-0.05, 0) is 117 Å². The Balaban J connectivity index is 0.896. The zero-order valence-electron chi connectivity index (χ0n) is 31.3. The lowest BCUT2D eigenvalue weighted by molar-refractivity contribution is -0.273. The molecule has 272 valence electrons. The molecule has 3 aliphatic heterocycles. The van der Waals surface area contributed by atoms with Crippen molar-refractivity contribution < 1.29 is 19.1 Å². The third-order valence-electron chi connectivity index (χ3n) is 16.0. The second-order valence-electron chi connectivity index (χ2n) is 18.1. The molecular weight excluding hydrogens is 600 g/mol. The lowest BCUT2D eigenvalue weighted by atomic mass is 9.44. The first kappa shape index (κ1) is 35.2. The molecule has 1 unspecified atom stereocenters. The van der Waals surface area contributed by atoms with Gasteiger partial charge in [-0.3, -0.25) is 14.5 Å². The standard InChI is InChI=1S/C40H68N4O4/c1-7-42(8-2)17-18-43-19-21-44(22-20-43)36(46)25-35(45)41-30-12-14-38(5)29(23-30)9-10-31-32(38)13-15-39(6)33(31)24-34-37(39)28(4)40(48-34)16-11-27(3)26-47-40/h27-34,37H,7-26H2,1-6H3,(H,41,45)/t27-,28-,29+,30+,31+,32?,33-,34-,37-,38-,39-,40+/m0/s1. The summed E-state index contributed by atoms with van der Waals surface area (Å²) >= 11 is 0. The molecule has 48 heavy (non-hydrogen) atoms. The molecule has 0 bridgehead atoms. The van der Waals surface area contributed by atoms with Gasteiger partial charge in [0.05, 0.1) is 12.7 Å². The summed E-state index contributed by atoms with van der Waals surface area (Å²) < 4.78 is 13.5. The number of fused-ring (bicyclic) bond motifs is 7. The van der Waals surface area contributed by atoms with Gasteiger partial charge < -0.3 is 24.6 Å². The van der Waals surface area contributed by atoms with Gasteiger partial charge in [0.15, 0.2) is 5.79 Å². The van der Waals surface area contributed by atoms with E-state index in [9.17, 15) is 9.59 Å². The highest BCUT2D eigenvalue weighted by atomic mass is 16.7. The molecule has 8 nitrogen and oxygen atoms in total. The summed E-state index contributed by atoms with van der Waals surface area (Å²) in [5, 5.41) is 3.34. The Labute approximate surface area is 291 Å². The van der Waals surface area contributed by atoms with Crippen LogP contribution in [0.1, 0.15) is 112 Å². The smallest absolute Gasteiger partial charge is 0.232 e. The molecule has 1 N–H and O–H groups in total. The molecule has 0 radical (unpaired) electrons. The zero-order chi connectivity index (χ0) is 33.8. The van der Waals surface area contributed by atoms with Gasteiger partial charge in [0.1, 0.15) is 6.42 Å². The van der Waals surface area contributed by atoms with Crippen molar-refractivity contribution in [3.8, 4) is 0 Å². The molecule has 7 rings (SSSR count). The lowest BCUT2D eigenvalue weighted by Crippen LogP contribution is -2.56. The van der Waals surface area contributed by atoms with E-state index < -0.39 is 0 Å². The molecule has 1 spiro atoms. The maximum absolute atomic E-state index is 13.2. The SMILES string of the molecule is CCN(CC)CCN1CCN(C(=O)CC(=O)N[C@@H]2CC[C@]3(C)C4CC[C@]5(C)[C@@H]6[C@H](C[C@H]5[C@@H]4CC[C@@H]3C2)O[C@]2(CC[C@H](C)CO2)[C@H]6C)CC1. The van der Waals surface area contributed by atoms with Gasteiger partial charge in [-0.1, -0.05) is 41.5 Å². The first-order chi connectivity index (χ1) is 23.0. The van der Waals surface area contributed by atoms with Crippen molar-refractivity contribution >= 4 is 11.8 Å². The van der Waals surface area contributed by atoms with Gasteiger partial charge in [0, 0.05) is 57.6 Å². The third-order valence-corrected chi connectivity index (χ3v) is 16.0. The number of hydrogen-bond acceptors (Lipinski definition) is 6. The highest BCUT2D eigenvalue weighted by Gasteiger charge is 2.69. The van der Waals surface area contributed by atoms with E-state index in [-0.39, 0.29) is 30.1 Å². The number of nitrogens with one attached hydrogen (secondary N) is 1. The average Bonchev–Trinajstić information content (AvgIpc) is 3.52. The second-order valence-corrected chi connectivity index (χ2v) is 18.1. The molecule has 7 aliphatic rings. The van der Waals surface area contributed by atoms with Gasteiger partial charge in [0.25, 0.3) is 0 Å². The van der Waals surface area contributed by atoms with Crippen LogP contribution in [0.15, 0.2) is 0 Å². The minimum Gasteiger partial charge on any atom is -0.353 e. The molecule has 12 atom stereocenters. The van der Waals surface area contributed by atoms with Gasteiger partial charge >= 0.3 is 0 Å². The number of nitrogens with zero attached hydrogens (tertiary/aromatic N) is 3. The van der Waals surface area contributed by atoms with Gasteiger partial charge in [0.2, 0.25) is 11.8 Å². The molecule has 3 heterocycles. The van der Waals surface area contributed by atoms with Crippen molar-refractivity contribution in [3.05, 3.63) is 0 Å². The zero-order valence-corrected chi connectivity index (χ0v) is 31.3. The van der Waals surface area contributed by atoms with E-state index in [4.69, 9.17) is 9.47 Å². The van der Waals surface area contributed by atoms with E-state index in [2.05, 4.69) is 56.7 Å². The van der Waals surface area contributed by atoms with Gasteiger partial charge in [-0.15, -0.1) is 0 Å². The molecule has 4 aliphatic carbocycles. The van der Waals surface area contributed by atoms with Crippen molar-refractivity contribution in [2.24, 2.45) is 52.3 Å². The van der Waals surface area contributed by atoms with Crippen molar-refractivity contribution in [3.63, 3.8) is 0 Å². The van der Waals surface area contributed by atoms with Crippen LogP contribution >= 0.6 is 0 Å². The Bertz CT molecular complexity index is 1160. The summed E-state index contributed by atoms with van der Waals surface area (Å²) in [5.74, 6) is 4.36. The number of piperazine rings is 1. The van der Waals surface area contributed by atoms with Crippen LogP contribution in [0.3, 0.4) is 0 Å². The summed E-state index contributed by atoms with van der Waals surface area (Å²) in [4.78, 5) is 33.1. The molecule has 3 saturated heterocycles. The van der Waals surface area contributed by atoms with Crippen LogP contribution in [0.5, 0.6) is 0 Å². The van der Waals surface area contributed by atoms with E-state index in [0.29, 0.717) is 40.6 Å². The topological polar surface area (TPSA) is 74.4 Å². The van der Waals surface area contributed by atoms with E-state index in [1.165, 1.54) is 44.9 Å². The fraction of sp³-hybridized carbons (Fsp3) is 0.950. The van der Waals surface area contributed by atoms with Gasteiger partial charge in [-0.2, -0.15) is 0 Å². The molecule has 0 aromatic heterocycles. The van der Waals surface area contributed by atoms with E-state index in [1.54, 1.807) is 0 Å². The predicted octanol–water partition coefficient (Wildman–Crippen LogP) is 5.79. The first-order valence-corrected chi connectivity index (χ1v) is 20.3. The van der Waals surface area contributed by atoms with Crippen molar-refractivity contribution in [1.29, 1.82) is 0 Å². The first-order valence-electron chi connectivity index (χ1n) is 20.3. The van der Waals surface area contributed by atoms with Crippen LogP contribution in [-0.4, -0.2) is 103 Å². The number of likely N-dealkylation sites (N-methyl/N-ethyl adjacent to an activating group) is 1. The molecule has 4 saturated carbocycles. The average molecular weight is 669 g/mol. The van der Waals surface area contributed by atoms with E-state index >= 15 is 0 Å². The summed E-state index contributed by atoms with van der Waals surface area (Å²) in [6.07, 6.45) is 12.5. The summed E-state index contributed by atoms with van der Waals surface area (Å²) in [6, 6.07) is 0.209. The molecule has 7 fully saturated rings. The van der Waals surface area contributed by atoms with Crippen molar-refractivity contribution in [1.82, 2.24) is 20.0 Å². The predicted molar refractivity (Wildman–Crippen MR) is 189 cm³/mol. The Morgan fingerprint density at radius 3 is 2.33 bits per heavy atom. The quantitative estimate of drug-likeness (QED) is 0.330. The normalized spacial score (nSPS) is 45.8. The number of amides is 2. The second kappa shape index (κ2) is 13.7. The van der Waals surface area contributed by atoms with Crippen LogP contribution in [0.25, 0.3) is 0 Å². The highest BCUT2D eigenvalue weighted by Crippen LogP contribution is 2.71. The Morgan fingerprint density at radius 1 is 0.875 bits per heavy atom. The Kier molecular flexibility index (Phi) is 10.1. The number of ether oxygens (including phenoxy) is 2. The highest BCUT2D eigenvalue weighted by molar-refractivity contribution is 5.97. The van der Waals surface area contributed by atoms with Gasteiger partial charge in [-0.25, -0.2) is 0 Å². The Hall–Kier alpha value is -1.22. The van der Waals surface area contributed by atoms with Crippen LogP contribution in [0.2, 0.25) is 0 Å². The number of hydrogen-bond donors (Lipinski definition) is 1. The maximum Gasteiger partial charge on any atom is 0.232 e. The largest absolute Gasteiger partial charge is 0.353 e. The van der Waals surface area contributed by atoms with Crippen molar-refractivity contribution in [2.75, 3.05) is 59.0 Å².